The maximum atomic E-state index is 4.59. The van der Waals surface area contributed by atoms with Crippen molar-refractivity contribution in [3.05, 3.63) is 22.1 Å². The Hall–Kier alpha value is -1.43. The Morgan fingerprint density at radius 3 is 2.63 bits per heavy atom. The van der Waals surface area contributed by atoms with E-state index >= 15 is 0 Å². The van der Waals surface area contributed by atoms with Crippen molar-refractivity contribution in [1.29, 1.82) is 0 Å². The fraction of sp³-hybridized carbons (Fsp3) is 0.462. The van der Waals surface area contributed by atoms with E-state index in [0.29, 0.717) is 5.82 Å². The molecule has 19 heavy (non-hydrogen) atoms. The van der Waals surface area contributed by atoms with E-state index < -0.39 is 0 Å². The van der Waals surface area contributed by atoms with Crippen molar-refractivity contribution < 1.29 is 0 Å². The minimum Gasteiger partial charge on any atom is -0.369 e. The molecular weight excluding hydrogens is 306 g/mol. The van der Waals surface area contributed by atoms with Crippen molar-refractivity contribution in [1.82, 2.24) is 19.7 Å². The molecule has 0 saturated carbocycles. The first kappa shape index (κ1) is 14.0. The molecule has 0 radical (unpaired) electrons. The van der Waals surface area contributed by atoms with Crippen LogP contribution < -0.4 is 5.32 Å². The first-order valence-electron chi connectivity index (χ1n) is 6.31. The van der Waals surface area contributed by atoms with Crippen LogP contribution in [0, 0.1) is 13.8 Å². The molecule has 0 fully saturated rings. The average molecular weight is 324 g/mol. The minimum absolute atomic E-state index is 0.713. The second-order valence-electron chi connectivity index (χ2n) is 4.49. The third-order valence-electron chi connectivity index (χ3n) is 3.04. The second kappa shape index (κ2) is 5.69. The number of anilines is 1. The van der Waals surface area contributed by atoms with Gasteiger partial charge >= 0.3 is 0 Å². The summed E-state index contributed by atoms with van der Waals surface area (Å²) < 4.78 is 2.75. The first-order chi connectivity index (χ1) is 9.04. The van der Waals surface area contributed by atoms with Crippen LogP contribution in [0.5, 0.6) is 0 Å². The Morgan fingerprint density at radius 1 is 1.32 bits per heavy atom. The number of hydrogen-bond acceptors (Lipinski definition) is 4. The second-order valence-corrected chi connectivity index (χ2v) is 5.28. The molecule has 0 saturated heterocycles. The zero-order valence-electron chi connectivity index (χ0n) is 11.7. The highest BCUT2D eigenvalue weighted by Crippen LogP contribution is 2.27. The lowest BCUT2D eigenvalue weighted by Crippen LogP contribution is -2.06. The zero-order chi connectivity index (χ0) is 14.0. The van der Waals surface area contributed by atoms with Crippen LogP contribution in [0.15, 0.2) is 10.7 Å². The Bertz CT molecular complexity index is 591. The third kappa shape index (κ3) is 2.78. The summed E-state index contributed by atoms with van der Waals surface area (Å²) in [4.78, 5) is 9.13. The molecule has 0 aliphatic heterocycles. The van der Waals surface area contributed by atoms with Gasteiger partial charge in [0.1, 0.15) is 5.82 Å². The van der Waals surface area contributed by atoms with E-state index in [-0.39, 0.29) is 0 Å². The molecule has 0 amide bonds. The van der Waals surface area contributed by atoms with E-state index in [2.05, 4.69) is 43.2 Å². The Balaban J connectivity index is 2.47. The SMILES string of the molecule is CCCNc1nc(-c2cnn(C)c2C)nc(C)c1Br. The fourth-order valence-corrected chi connectivity index (χ4v) is 2.08. The van der Waals surface area contributed by atoms with Gasteiger partial charge in [0.25, 0.3) is 0 Å². The van der Waals surface area contributed by atoms with Gasteiger partial charge in [-0.25, -0.2) is 9.97 Å². The molecule has 102 valence electrons. The minimum atomic E-state index is 0.713. The number of aryl methyl sites for hydroxylation is 2. The van der Waals surface area contributed by atoms with Gasteiger partial charge < -0.3 is 5.32 Å². The van der Waals surface area contributed by atoms with Gasteiger partial charge in [-0.05, 0) is 36.2 Å². The molecule has 2 heterocycles. The molecule has 6 heteroatoms. The number of nitrogens with zero attached hydrogens (tertiary/aromatic N) is 4. The van der Waals surface area contributed by atoms with E-state index in [1.165, 1.54) is 0 Å². The Kier molecular flexibility index (Phi) is 4.19. The van der Waals surface area contributed by atoms with Gasteiger partial charge in [-0.3, -0.25) is 4.68 Å². The molecule has 2 rings (SSSR count). The molecule has 0 bridgehead atoms. The molecule has 1 N–H and O–H groups in total. The zero-order valence-corrected chi connectivity index (χ0v) is 13.2. The van der Waals surface area contributed by atoms with E-state index in [9.17, 15) is 0 Å². The van der Waals surface area contributed by atoms with Crippen molar-refractivity contribution in [2.24, 2.45) is 7.05 Å². The summed E-state index contributed by atoms with van der Waals surface area (Å²) in [5.74, 6) is 1.55. The first-order valence-corrected chi connectivity index (χ1v) is 7.10. The van der Waals surface area contributed by atoms with E-state index in [1.807, 2.05) is 31.8 Å². The molecule has 0 atom stereocenters. The van der Waals surface area contributed by atoms with Gasteiger partial charge in [0.15, 0.2) is 5.82 Å². The maximum absolute atomic E-state index is 4.59. The van der Waals surface area contributed by atoms with Crippen LogP contribution >= 0.6 is 15.9 Å². The summed E-state index contributed by atoms with van der Waals surface area (Å²) in [6, 6.07) is 0. The van der Waals surface area contributed by atoms with Crippen LogP contribution in [-0.4, -0.2) is 26.3 Å². The van der Waals surface area contributed by atoms with E-state index in [1.54, 1.807) is 0 Å². The largest absolute Gasteiger partial charge is 0.369 e. The lowest BCUT2D eigenvalue weighted by atomic mass is 10.2. The van der Waals surface area contributed by atoms with Gasteiger partial charge in [-0.15, -0.1) is 0 Å². The fourth-order valence-electron chi connectivity index (χ4n) is 1.76. The lowest BCUT2D eigenvalue weighted by Gasteiger charge is -2.10. The van der Waals surface area contributed by atoms with Crippen LogP contribution in [-0.2, 0) is 7.05 Å². The highest BCUT2D eigenvalue weighted by molar-refractivity contribution is 9.10. The van der Waals surface area contributed by atoms with Crippen LogP contribution in [0.1, 0.15) is 24.7 Å². The van der Waals surface area contributed by atoms with E-state index in [4.69, 9.17) is 0 Å². The summed E-state index contributed by atoms with van der Waals surface area (Å²) in [5, 5.41) is 7.56. The van der Waals surface area contributed by atoms with Gasteiger partial charge in [0, 0.05) is 19.3 Å². The summed E-state index contributed by atoms with van der Waals surface area (Å²) in [6.45, 7) is 7.00. The molecule has 0 spiro atoms. The lowest BCUT2D eigenvalue weighted by molar-refractivity contribution is 0.740. The normalized spacial score (nSPS) is 10.8. The van der Waals surface area contributed by atoms with Crippen LogP contribution in [0.3, 0.4) is 0 Å². The molecule has 2 aromatic rings. The van der Waals surface area contributed by atoms with E-state index in [0.717, 1.165) is 40.2 Å². The standard InChI is InChI=1S/C13H18BrN5/c1-5-6-15-13-11(14)8(2)17-12(18-13)10-7-16-19(4)9(10)3/h7H,5-6H2,1-4H3,(H,15,17,18). The van der Waals surface area contributed by atoms with Crippen LogP contribution in [0.4, 0.5) is 5.82 Å². The van der Waals surface area contributed by atoms with Gasteiger partial charge in [-0.2, -0.15) is 5.10 Å². The quantitative estimate of drug-likeness (QED) is 0.939. The predicted molar refractivity (Wildman–Crippen MR) is 80.2 cm³/mol. The molecule has 0 unspecified atom stereocenters. The van der Waals surface area contributed by atoms with Crippen molar-refractivity contribution in [2.75, 3.05) is 11.9 Å². The van der Waals surface area contributed by atoms with Crippen LogP contribution in [0.25, 0.3) is 11.4 Å². The number of halogens is 1. The summed E-state index contributed by atoms with van der Waals surface area (Å²) >= 11 is 3.53. The number of aromatic nitrogens is 4. The van der Waals surface area contributed by atoms with Crippen molar-refractivity contribution in [3.63, 3.8) is 0 Å². The maximum Gasteiger partial charge on any atom is 0.165 e. The molecule has 5 nitrogen and oxygen atoms in total. The Morgan fingerprint density at radius 2 is 2.05 bits per heavy atom. The predicted octanol–water partition coefficient (Wildman–Crippen LogP) is 3.08. The van der Waals surface area contributed by atoms with Crippen molar-refractivity contribution in [3.8, 4) is 11.4 Å². The van der Waals surface area contributed by atoms with Crippen molar-refractivity contribution in [2.45, 2.75) is 27.2 Å². The van der Waals surface area contributed by atoms with Crippen LogP contribution in [0.2, 0.25) is 0 Å². The van der Waals surface area contributed by atoms with Gasteiger partial charge in [0.05, 0.1) is 21.9 Å². The molecule has 0 aliphatic rings. The molecule has 0 aliphatic carbocycles. The highest BCUT2D eigenvalue weighted by Gasteiger charge is 2.14. The summed E-state index contributed by atoms with van der Waals surface area (Å²) in [6.07, 6.45) is 2.86. The topological polar surface area (TPSA) is 55.6 Å². The van der Waals surface area contributed by atoms with Gasteiger partial charge in [0.2, 0.25) is 0 Å². The van der Waals surface area contributed by atoms with Crippen molar-refractivity contribution >= 4 is 21.7 Å². The number of hydrogen-bond donors (Lipinski definition) is 1. The highest BCUT2D eigenvalue weighted by atomic mass is 79.9. The molecule has 2 aromatic heterocycles. The molecular formula is C13H18BrN5. The summed E-state index contributed by atoms with van der Waals surface area (Å²) in [5.41, 5.74) is 2.95. The number of nitrogens with one attached hydrogen (secondary N) is 1. The monoisotopic (exact) mass is 323 g/mol. The summed E-state index contributed by atoms with van der Waals surface area (Å²) in [7, 11) is 1.92. The Labute approximate surface area is 121 Å². The molecule has 0 aromatic carbocycles. The average Bonchev–Trinajstić information content (AvgIpc) is 2.72. The smallest absolute Gasteiger partial charge is 0.165 e. The number of rotatable bonds is 4. The van der Waals surface area contributed by atoms with Gasteiger partial charge in [-0.1, -0.05) is 6.92 Å². The third-order valence-corrected chi connectivity index (χ3v) is 3.98.